The third-order valence-corrected chi connectivity index (χ3v) is 3.09. The molecule has 1 aromatic heterocycles. The number of hydrogen-bond acceptors (Lipinski definition) is 3. The molecule has 1 heterocycles. The number of nitrogens with one attached hydrogen (secondary N) is 2. The summed E-state index contributed by atoms with van der Waals surface area (Å²) in [5.74, 6) is 0. The minimum absolute atomic E-state index is 0.203. The number of aryl methyl sites for hydroxylation is 1. The van der Waals surface area contributed by atoms with Gasteiger partial charge in [-0.2, -0.15) is 8.42 Å². The molecule has 0 radical (unpaired) electrons. The third kappa shape index (κ3) is 1.66. The minimum atomic E-state index is -4.25. The van der Waals surface area contributed by atoms with Crippen LogP contribution in [0.1, 0.15) is 5.56 Å². The fourth-order valence-corrected chi connectivity index (χ4v) is 2.18. The number of aromatic amines is 2. The summed E-state index contributed by atoms with van der Waals surface area (Å²) in [6.45, 7) is 1.54. The van der Waals surface area contributed by atoms with Gasteiger partial charge in [0.05, 0.1) is 15.9 Å². The first kappa shape index (κ1) is 9.94. The van der Waals surface area contributed by atoms with Crippen LogP contribution in [0.25, 0.3) is 11.0 Å². The van der Waals surface area contributed by atoms with Crippen LogP contribution in [-0.2, 0) is 10.1 Å². The standard InChI is InChI=1S/C8H8N2O4S/c1-4-2-5-6(10-8(11)9-5)3-7(4)15(12,13)14/h2-3H,1H3,(H2,9,10,11)(H,12,13,14). The van der Waals surface area contributed by atoms with E-state index in [0.29, 0.717) is 16.6 Å². The van der Waals surface area contributed by atoms with E-state index < -0.39 is 15.8 Å². The summed E-state index contributed by atoms with van der Waals surface area (Å²) in [7, 11) is -4.25. The summed E-state index contributed by atoms with van der Waals surface area (Å²) >= 11 is 0. The molecule has 0 aliphatic heterocycles. The van der Waals surface area contributed by atoms with Crippen LogP contribution in [0.4, 0.5) is 0 Å². The minimum Gasteiger partial charge on any atom is -0.306 e. The first-order chi connectivity index (χ1) is 6.88. The van der Waals surface area contributed by atoms with E-state index in [1.165, 1.54) is 19.1 Å². The van der Waals surface area contributed by atoms with E-state index in [2.05, 4.69) is 9.97 Å². The SMILES string of the molecule is Cc1cc2[nH]c(=O)[nH]c2cc1S(=O)(=O)O. The van der Waals surface area contributed by atoms with Gasteiger partial charge in [0, 0.05) is 0 Å². The fraction of sp³-hybridized carbons (Fsp3) is 0.125. The van der Waals surface area contributed by atoms with Crippen LogP contribution in [0.3, 0.4) is 0 Å². The monoisotopic (exact) mass is 228 g/mol. The number of H-pyrrole nitrogens is 2. The molecule has 15 heavy (non-hydrogen) atoms. The Hall–Kier alpha value is -1.60. The van der Waals surface area contributed by atoms with Crippen molar-refractivity contribution >= 4 is 21.2 Å². The van der Waals surface area contributed by atoms with Gasteiger partial charge in [-0.15, -0.1) is 0 Å². The van der Waals surface area contributed by atoms with Gasteiger partial charge in [0.25, 0.3) is 10.1 Å². The lowest BCUT2D eigenvalue weighted by Crippen LogP contribution is -2.00. The molecular formula is C8H8N2O4S. The Kier molecular flexibility index (Phi) is 1.95. The van der Waals surface area contributed by atoms with Crippen LogP contribution in [-0.4, -0.2) is 22.9 Å². The van der Waals surface area contributed by atoms with Gasteiger partial charge in [-0.3, -0.25) is 4.55 Å². The maximum atomic E-state index is 11.0. The van der Waals surface area contributed by atoms with Crippen molar-refractivity contribution in [1.82, 2.24) is 9.97 Å². The first-order valence-corrected chi connectivity index (χ1v) is 5.52. The summed E-state index contributed by atoms with van der Waals surface area (Å²) in [6, 6.07) is 2.70. The van der Waals surface area contributed by atoms with Crippen molar-refractivity contribution in [2.24, 2.45) is 0 Å². The molecule has 0 spiro atoms. The molecule has 0 saturated heterocycles. The Morgan fingerprint density at radius 1 is 1.20 bits per heavy atom. The summed E-state index contributed by atoms with van der Waals surface area (Å²) in [4.78, 5) is 15.6. The Balaban J connectivity index is 2.89. The molecule has 0 aliphatic carbocycles. The van der Waals surface area contributed by atoms with E-state index >= 15 is 0 Å². The van der Waals surface area contributed by atoms with Gasteiger partial charge in [0.2, 0.25) is 0 Å². The summed E-state index contributed by atoms with van der Waals surface area (Å²) < 4.78 is 30.8. The van der Waals surface area contributed by atoms with Crippen LogP contribution >= 0.6 is 0 Å². The molecule has 7 heteroatoms. The average Bonchev–Trinajstić information content (AvgIpc) is 2.40. The molecule has 0 saturated carbocycles. The largest absolute Gasteiger partial charge is 0.323 e. The summed E-state index contributed by atoms with van der Waals surface area (Å²) in [5.41, 5.74) is 0.806. The van der Waals surface area contributed by atoms with Crippen LogP contribution in [0, 0.1) is 6.92 Å². The van der Waals surface area contributed by atoms with Gasteiger partial charge in [0.1, 0.15) is 0 Å². The highest BCUT2D eigenvalue weighted by atomic mass is 32.2. The second kappa shape index (κ2) is 2.94. The highest BCUT2D eigenvalue weighted by Gasteiger charge is 2.14. The zero-order chi connectivity index (χ0) is 11.2. The molecule has 0 bridgehead atoms. The highest BCUT2D eigenvalue weighted by Crippen LogP contribution is 2.19. The lowest BCUT2D eigenvalue weighted by Gasteiger charge is -2.01. The average molecular weight is 228 g/mol. The van der Waals surface area contributed by atoms with Crippen LogP contribution in [0.15, 0.2) is 21.8 Å². The predicted molar refractivity (Wildman–Crippen MR) is 53.5 cm³/mol. The normalized spacial score (nSPS) is 12.1. The van der Waals surface area contributed by atoms with Gasteiger partial charge in [-0.05, 0) is 24.6 Å². The lowest BCUT2D eigenvalue weighted by molar-refractivity contribution is 0.482. The Morgan fingerprint density at radius 2 is 1.73 bits per heavy atom. The van der Waals surface area contributed by atoms with Crippen LogP contribution < -0.4 is 5.69 Å². The zero-order valence-electron chi connectivity index (χ0n) is 7.73. The van der Waals surface area contributed by atoms with Crippen molar-refractivity contribution in [2.75, 3.05) is 0 Å². The summed E-state index contributed by atoms with van der Waals surface area (Å²) in [5, 5.41) is 0. The molecule has 2 rings (SSSR count). The number of rotatable bonds is 1. The van der Waals surface area contributed by atoms with E-state index in [9.17, 15) is 13.2 Å². The number of imidazole rings is 1. The van der Waals surface area contributed by atoms with Gasteiger partial charge in [-0.1, -0.05) is 0 Å². The van der Waals surface area contributed by atoms with E-state index in [-0.39, 0.29) is 4.90 Å². The molecule has 0 atom stereocenters. The van der Waals surface area contributed by atoms with Crippen molar-refractivity contribution in [1.29, 1.82) is 0 Å². The maximum Gasteiger partial charge on any atom is 0.323 e. The van der Waals surface area contributed by atoms with Crippen molar-refractivity contribution in [3.05, 3.63) is 28.2 Å². The van der Waals surface area contributed by atoms with Crippen molar-refractivity contribution in [3.8, 4) is 0 Å². The Labute approximate surface area is 84.7 Å². The smallest absolute Gasteiger partial charge is 0.306 e. The van der Waals surface area contributed by atoms with Crippen molar-refractivity contribution < 1.29 is 13.0 Å². The second-order valence-electron chi connectivity index (χ2n) is 3.22. The number of benzene rings is 1. The third-order valence-electron chi connectivity index (χ3n) is 2.09. The van der Waals surface area contributed by atoms with Gasteiger partial charge in [0.15, 0.2) is 0 Å². The molecule has 80 valence electrons. The number of aromatic nitrogens is 2. The van der Waals surface area contributed by atoms with E-state index in [0.717, 1.165) is 0 Å². The van der Waals surface area contributed by atoms with Crippen LogP contribution in [0.2, 0.25) is 0 Å². The number of fused-ring (bicyclic) bond motifs is 1. The molecule has 1 aromatic carbocycles. The number of hydrogen-bond donors (Lipinski definition) is 3. The molecule has 0 fully saturated rings. The zero-order valence-corrected chi connectivity index (χ0v) is 8.55. The van der Waals surface area contributed by atoms with E-state index in [1.807, 2.05) is 0 Å². The van der Waals surface area contributed by atoms with Gasteiger partial charge < -0.3 is 9.97 Å². The Bertz CT molecular complexity index is 680. The van der Waals surface area contributed by atoms with Crippen molar-refractivity contribution in [3.63, 3.8) is 0 Å². The molecule has 2 aromatic rings. The molecular weight excluding hydrogens is 220 g/mol. The Morgan fingerprint density at radius 3 is 2.27 bits per heavy atom. The molecule has 0 aliphatic rings. The summed E-state index contributed by atoms with van der Waals surface area (Å²) in [6.07, 6.45) is 0. The van der Waals surface area contributed by atoms with E-state index in [1.54, 1.807) is 0 Å². The van der Waals surface area contributed by atoms with Crippen molar-refractivity contribution in [2.45, 2.75) is 11.8 Å². The van der Waals surface area contributed by atoms with E-state index in [4.69, 9.17) is 4.55 Å². The molecule has 3 N–H and O–H groups in total. The van der Waals surface area contributed by atoms with Crippen LogP contribution in [0.5, 0.6) is 0 Å². The highest BCUT2D eigenvalue weighted by molar-refractivity contribution is 7.85. The first-order valence-electron chi connectivity index (χ1n) is 4.08. The maximum absolute atomic E-state index is 11.0. The lowest BCUT2D eigenvalue weighted by atomic mass is 10.2. The van der Waals surface area contributed by atoms with Gasteiger partial charge in [-0.25, -0.2) is 4.79 Å². The molecule has 0 unspecified atom stereocenters. The predicted octanol–water partition coefficient (Wildman–Crippen LogP) is 0.411. The second-order valence-corrected chi connectivity index (χ2v) is 4.61. The quantitative estimate of drug-likeness (QED) is 0.615. The molecule has 0 amide bonds. The topological polar surface area (TPSA) is 103 Å². The van der Waals surface area contributed by atoms with Gasteiger partial charge >= 0.3 is 5.69 Å². The molecule has 6 nitrogen and oxygen atoms in total. The fourth-order valence-electron chi connectivity index (χ4n) is 1.45.